The van der Waals surface area contributed by atoms with Crippen LogP contribution in [0.4, 0.5) is 5.69 Å². The highest BCUT2D eigenvalue weighted by Gasteiger charge is 2.32. The first-order valence-electron chi connectivity index (χ1n) is 9.17. The first kappa shape index (κ1) is 22.2. The van der Waals surface area contributed by atoms with E-state index in [1.165, 1.54) is 0 Å². The Kier molecular flexibility index (Phi) is 7.12. The summed E-state index contributed by atoms with van der Waals surface area (Å²) in [6.07, 6.45) is 1.42. The Morgan fingerprint density at radius 2 is 1.86 bits per heavy atom. The number of anilines is 1. The molecule has 0 aliphatic heterocycles. The van der Waals surface area contributed by atoms with E-state index in [1.54, 1.807) is 31.2 Å². The molecule has 0 fully saturated rings. The van der Waals surface area contributed by atoms with Gasteiger partial charge in [-0.05, 0) is 56.5 Å². The zero-order chi connectivity index (χ0) is 21.1. The molecule has 0 aromatic heterocycles. The van der Waals surface area contributed by atoms with E-state index >= 15 is 0 Å². The Morgan fingerprint density at radius 3 is 2.43 bits per heavy atom. The van der Waals surface area contributed by atoms with Gasteiger partial charge < -0.3 is 5.32 Å². The third-order valence-electron chi connectivity index (χ3n) is 4.65. The summed E-state index contributed by atoms with van der Waals surface area (Å²) in [5.41, 5.74) is 3.56. The van der Waals surface area contributed by atoms with Gasteiger partial charge in [0.05, 0.1) is 18.0 Å². The molecule has 0 heterocycles. The Balaban J connectivity index is 2.35. The zero-order valence-electron chi connectivity index (χ0n) is 16.9. The Labute approximate surface area is 172 Å². The smallest absolute Gasteiger partial charge is 0.244 e. The maximum absolute atomic E-state index is 13.1. The van der Waals surface area contributed by atoms with Crippen LogP contribution in [0.15, 0.2) is 42.5 Å². The van der Waals surface area contributed by atoms with Crippen molar-refractivity contribution < 1.29 is 13.2 Å². The van der Waals surface area contributed by atoms with E-state index in [1.807, 2.05) is 39.0 Å². The third kappa shape index (κ3) is 5.26. The SMILES string of the molecule is CCC(C(=O)NC(C)c1cc(C)ccc1C)N(c1cccc(Cl)c1)S(C)(=O)=O. The second-order valence-corrected chi connectivity index (χ2v) is 9.35. The molecular formula is C21H27ClN2O3S. The molecule has 0 spiro atoms. The number of hydrogen-bond donors (Lipinski definition) is 1. The molecule has 2 rings (SSSR count). The maximum atomic E-state index is 13.1. The molecule has 5 nitrogen and oxygen atoms in total. The summed E-state index contributed by atoms with van der Waals surface area (Å²) in [5.74, 6) is -0.346. The lowest BCUT2D eigenvalue weighted by Gasteiger charge is -2.31. The Bertz CT molecular complexity index is 960. The molecule has 2 unspecified atom stereocenters. The van der Waals surface area contributed by atoms with Crippen LogP contribution in [0.1, 0.15) is 43.0 Å². The molecule has 0 saturated carbocycles. The van der Waals surface area contributed by atoms with Crippen molar-refractivity contribution in [3.63, 3.8) is 0 Å². The average molecular weight is 423 g/mol. The van der Waals surface area contributed by atoms with Crippen LogP contribution >= 0.6 is 11.6 Å². The number of hydrogen-bond acceptors (Lipinski definition) is 3. The number of benzene rings is 2. The van der Waals surface area contributed by atoms with Gasteiger partial charge in [-0.25, -0.2) is 8.42 Å². The molecule has 1 N–H and O–H groups in total. The van der Waals surface area contributed by atoms with Crippen molar-refractivity contribution in [3.8, 4) is 0 Å². The molecule has 0 radical (unpaired) electrons. The quantitative estimate of drug-likeness (QED) is 0.720. The van der Waals surface area contributed by atoms with Crippen molar-refractivity contribution in [1.82, 2.24) is 5.32 Å². The molecule has 2 atom stereocenters. The van der Waals surface area contributed by atoms with E-state index in [-0.39, 0.29) is 11.9 Å². The lowest BCUT2D eigenvalue weighted by atomic mass is 9.99. The third-order valence-corrected chi connectivity index (χ3v) is 6.07. The number of nitrogens with zero attached hydrogens (tertiary/aromatic N) is 1. The highest BCUT2D eigenvalue weighted by Crippen LogP contribution is 2.26. The monoisotopic (exact) mass is 422 g/mol. The molecule has 0 saturated heterocycles. The predicted octanol–water partition coefficient (Wildman–Crippen LogP) is 4.38. The van der Waals surface area contributed by atoms with Crippen LogP contribution < -0.4 is 9.62 Å². The van der Waals surface area contributed by atoms with Gasteiger partial charge >= 0.3 is 0 Å². The highest BCUT2D eigenvalue weighted by molar-refractivity contribution is 7.92. The molecule has 1 amide bonds. The summed E-state index contributed by atoms with van der Waals surface area (Å²) in [4.78, 5) is 13.1. The van der Waals surface area contributed by atoms with Crippen molar-refractivity contribution in [1.29, 1.82) is 0 Å². The Morgan fingerprint density at radius 1 is 1.18 bits per heavy atom. The number of carbonyl (C=O) groups excluding carboxylic acids is 1. The summed E-state index contributed by atoms with van der Waals surface area (Å²) in [6.45, 7) is 7.67. The van der Waals surface area contributed by atoms with Gasteiger partial charge in [0.15, 0.2) is 0 Å². The largest absolute Gasteiger partial charge is 0.348 e. The lowest BCUT2D eigenvalue weighted by molar-refractivity contribution is -0.122. The lowest BCUT2D eigenvalue weighted by Crippen LogP contribution is -2.49. The second-order valence-electron chi connectivity index (χ2n) is 7.05. The fourth-order valence-corrected chi connectivity index (χ4v) is 4.68. The minimum Gasteiger partial charge on any atom is -0.348 e. The molecule has 28 heavy (non-hydrogen) atoms. The van der Waals surface area contributed by atoms with E-state index < -0.39 is 16.1 Å². The van der Waals surface area contributed by atoms with Gasteiger partial charge in [-0.15, -0.1) is 0 Å². The van der Waals surface area contributed by atoms with E-state index in [2.05, 4.69) is 5.32 Å². The van der Waals surface area contributed by atoms with Crippen molar-refractivity contribution in [2.24, 2.45) is 0 Å². The summed E-state index contributed by atoms with van der Waals surface area (Å²) >= 11 is 6.04. The Hall–Kier alpha value is -2.05. The minimum atomic E-state index is -3.69. The van der Waals surface area contributed by atoms with E-state index in [0.29, 0.717) is 17.1 Å². The van der Waals surface area contributed by atoms with Gasteiger partial charge in [-0.2, -0.15) is 0 Å². The number of rotatable bonds is 7. The molecule has 2 aromatic carbocycles. The van der Waals surface area contributed by atoms with Crippen molar-refractivity contribution in [2.45, 2.75) is 46.2 Å². The fraction of sp³-hybridized carbons (Fsp3) is 0.381. The normalized spacial score (nSPS) is 13.6. The van der Waals surface area contributed by atoms with Crippen molar-refractivity contribution in [2.75, 3.05) is 10.6 Å². The number of amides is 1. The molecule has 0 aliphatic rings. The molecular weight excluding hydrogens is 396 g/mol. The maximum Gasteiger partial charge on any atom is 0.244 e. The summed E-state index contributed by atoms with van der Waals surface area (Å²) in [5, 5.41) is 3.38. The van der Waals surface area contributed by atoms with Crippen molar-refractivity contribution in [3.05, 3.63) is 64.2 Å². The number of aryl methyl sites for hydroxylation is 2. The molecule has 152 valence electrons. The highest BCUT2D eigenvalue weighted by atomic mass is 35.5. The second kappa shape index (κ2) is 8.97. The average Bonchev–Trinajstić information content (AvgIpc) is 2.60. The van der Waals surface area contributed by atoms with Crippen LogP contribution in [0.3, 0.4) is 0 Å². The topological polar surface area (TPSA) is 66.5 Å². The van der Waals surface area contributed by atoms with Crippen LogP contribution in [-0.2, 0) is 14.8 Å². The van der Waals surface area contributed by atoms with E-state index in [9.17, 15) is 13.2 Å². The van der Waals surface area contributed by atoms with Gasteiger partial charge in [-0.1, -0.05) is 48.4 Å². The minimum absolute atomic E-state index is 0.248. The van der Waals surface area contributed by atoms with Gasteiger partial charge in [0.2, 0.25) is 15.9 Å². The number of carbonyl (C=O) groups is 1. The predicted molar refractivity (Wildman–Crippen MR) is 115 cm³/mol. The first-order valence-corrected chi connectivity index (χ1v) is 11.4. The van der Waals surface area contributed by atoms with Gasteiger partial charge in [0, 0.05) is 5.02 Å². The zero-order valence-corrected chi connectivity index (χ0v) is 18.4. The number of halogens is 1. The van der Waals surface area contributed by atoms with E-state index in [0.717, 1.165) is 27.3 Å². The van der Waals surface area contributed by atoms with Crippen LogP contribution in [0, 0.1) is 13.8 Å². The number of sulfonamides is 1. The summed E-state index contributed by atoms with van der Waals surface area (Å²) < 4.78 is 26.2. The van der Waals surface area contributed by atoms with Crippen LogP contribution in [-0.4, -0.2) is 26.6 Å². The first-order chi connectivity index (χ1) is 13.0. The molecule has 0 bridgehead atoms. The van der Waals surface area contributed by atoms with Crippen molar-refractivity contribution >= 4 is 33.2 Å². The van der Waals surface area contributed by atoms with Crippen LogP contribution in [0.2, 0.25) is 5.02 Å². The van der Waals surface area contributed by atoms with Crippen LogP contribution in [0.5, 0.6) is 0 Å². The number of nitrogens with one attached hydrogen (secondary N) is 1. The van der Waals surface area contributed by atoms with Gasteiger partial charge in [0.1, 0.15) is 6.04 Å². The summed E-state index contributed by atoms with van der Waals surface area (Å²) in [6, 6.07) is 11.5. The molecule has 0 aliphatic carbocycles. The van der Waals surface area contributed by atoms with E-state index in [4.69, 9.17) is 11.6 Å². The molecule has 7 heteroatoms. The van der Waals surface area contributed by atoms with Gasteiger partial charge in [0.25, 0.3) is 0 Å². The van der Waals surface area contributed by atoms with Crippen LogP contribution in [0.25, 0.3) is 0 Å². The summed E-state index contributed by atoms with van der Waals surface area (Å²) in [7, 11) is -3.69. The molecule has 2 aromatic rings. The fourth-order valence-electron chi connectivity index (χ4n) is 3.29. The standard InChI is InChI=1S/C21H27ClN2O3S/c1-6-20(24(28(5,26)27)18-9-7-8-17(22)13-18)21(25)23-16(4)19-12-14(2)10-11-15(19)3/h7-13,16,20H,6H2,1-5H3,(H,23,25). The van der Waals surface area contributed by atoms with Gasteiger partial charge in [-0.3, -0.25) is 9.10 Å².